The molecule has 0 unspecified atom stereocenters. The van der Waals surface area contributed by atoms with Gasteiger partial charge < -0.3 is 16.0 Å². The van der Waals surface area contributed by atoms with Crippen molar-refractivity contribution in [1.82, 2.24) is 10.2 Å². The molecule has 1 heterocycles. The van der Waals surface area contributed by atoms with E-state index in [1.165, 1.54) is 4.90 Å². The summed E-state index contributed by atoms with van der Waals surface area (Å²) in [6.07, 6.45) is 0.865. The normalized spacial score (nSPS) is 18.1. The predicted octanol–water partition coefficient (Wildman–Crippen LogP) is 1.81. The van der Waals surface area contributed by atoms with Crippen molar-refractivity contribution >= 4 is 35.1 Å². The summed E-state index contributed by atoms with van der Waals surface area (Å²) < 4.78 is 0. The summed E-state index contributed by atoms with van der Waals surface area (Å²) in [5.41, 5.74) is 5.87. The third-order valence-electron chi connectivity index (χ3n) is 3.25. The van der Waals surface area contributed by atoms with Gasteiger partial charge in [0.2, 0.25) is 5.91 Å². The van der Waals surface area contributed by atoms with E-state index in [4.69, 9.17) is 28.9 Å². The maximum Gasteiger partial charge on any atom is 0.314 e. The standard InChI is InChI=1S/C13H15Cl2N3O2/c14-10-3-1-2-8(12(10)15)6-11(19)17-9-4-5-18(7-9)13(16)20/h1-3,9H,4-7H2,(H2,16,20)(H,17,19)/t9-/m0/s1. The average Bonchev–Trinajstić information content (AvgIpc) is 2.83. The van der Waals surface area contributed by atoms with Crippen molar-refractivity contribution in [2.45, 2.75) is 18.9 Å². The van der Waals surface area contributed by atoms with Crippen molar-refractivity contribution in [3.63, 3.8) is 0 Å². The fourth-order valence-electron chi connectivity index (χ4n) is 2.21. The van der Waals surface area contributed by atoms with E-state index in [-0.39, 0.29) is 18.4 Å². The highest BCUT2D eigenvalue weighted by Gasteiger charge is 2.26. The Morgan fingerprint density at radius 1 is 1.40 bits per heavy atom. The van der Waals surface area contributed by atoms with Crippen molar-refractivity contribution < 1.29 is 9.59 Å². The lowest BCUT2D eigenvalue weighted by molar-refractivity contribution is -0.121. The molecule has 7 heteroatoms. The molecule has 108 valence electrons. The summed E-state index contributed by atoms with van der Waals surface area (Å²) in [6, 6.07) is 4.67. The van der Waals surface area contributed by atoms with Gasteiger partial charge in [-0.2, -0.15) is 0 Å². The number of nitrogens with two attached hydrogens (primary N) is 1. The smallest absolute Gasteiger partial charge is 0.314 e. The van der Waals surface area contributed by atoms with E-state index in [0.717, 1.165) is 0 Å². The summed E-state index contributed by atoms with van der Waals surface area (Å²) >= 11 is 11.9. The zero-order chi connectivity index (χ0) is 14.7. The van der Waals surface area contributed by atoms with Gasteiger partial charge >= 0.3 is 6.03 Å². The van der Waals surface area contributed by atoms with Crippen molar-refractivity contribution in [2.24, 2.45) is 5.73 Å². The highest BCUT2D eigenvalue weighted by Crippen LogP contribution is 2.25. The monoisotopic (exact) mass is 315 g/mol. The Hall–Kier alpha value is -1.46. The van der Waals surface area contributed by atoms with Crippen LogP contribution in [0.1, 0.15) is 12.0 Å². The highest BCUT2D eigenvalue weighted by atomic mass is 35.5. The Morgan fingerprint density at radius 3 is 2.80 bits per heavy atom. The molecule has 1 aromatic rings. The number of amides is 3. The molecule has 1 fully saturated rings. The summed E-state index contributed by atoms with van der Waals surface area (Å²) in [6.45, 7) is 1.02. The minimum Gasteiger partial charge on any atom is -0.351 e. The molecule has 1 saturated heterocycles. The summed E-state index contributed by atoms with van der Waals surface area (Å²) in [4.78, 5) is 24.5. The van der Waals surface area contributed by atoms with E-state index in [0.29, 0.717) is 35.1 Å². The Morgan fingerprint density at radius 2 is 2.15 bits per heavy atom. The lowest BCUT2D eigenvalue weighted by Crippen LogP contribution is -2.40. The topological polar surface area (TPSA) is 75.4 Å². The third-order valence-corrected chi connectivity index (χ3v) is 4.11. The zero-order valence-corrected chi connectivity index (χ0v) is 12.2. The SMILES string of the molecule is NC(=O)N1CC[C@H](NC(=O)Cc2cccc(Cl)c2Cl)C1. The number of urea groups is 1. The van der Waals surface area contributed by atoms with Crippen molar-refractivity contribution in [2.75, 3.05) is 13.1 Å². The van der Waals surface area contributed by atoms with Crippen LogP contribution in [-0.4, -0.2) is 36.0 Å². The molecule has 0 saturated carbocycles. The van der Waals surface area contributed by atoms with Gasteiger partial charge in [-0.1, -0.05) is 35.3 Å². The first kappa shape index (κ1) is 14.9. The fraction of sp³-hybridized carbons (Fsp3) is 0.385. The molecule has 2 rings (SSSR count). The van der Waals surface area contributed by atoms with Crippen LogP contribution in [0.5, 0.6) is 0 Å². The van der Waals surface area contributed by atoms with Gasteiger partial charge in [0.15, 0.2) is 0 Å². The number of likely N-dealkylation sites (tertiary alicyclic amines) is 1. The lowest BCUT2D eigenvalue weighted by Gasteiger charge is -2.15. The van der Waals surface area contributed by atoms with E-state index in [9.17, 15) is 9.59 Å². The van der Waals surface area contributed by atoms with Crippen LogP contribution in [-0.2, 0) is 11.2 Å². The van der Waals surface area contributed by atoms with Crippen LogP contribution in [0.2, 0.25) is 10.0 Å². The van der Waals surface area contributed by atoms with Crippen LogP contribution in [0.4, 0.5) is 4.79 Å². The number of hydrogen-bond acceptors (Lipinski definition) is 2. The highest BCUT2D eigenvalue weighted by molar-refractivity contribution is 6.42. The number of nitrogens with zero attached hydrogens (tertiary/aromatic N) is 1. The second-order valence-corrected chi connectivity index (χ2v) is 5.51. The molecule has 5 nitrogen and oxygen atoms in total. The molecule has 0 aliphatic carbocycles. The first-order valence-electron chi connectivity index (χ1n) is 6.24. The van der Waals surface area contributed by atoms with Crippen LogP contribution in [0, 0.1) is 0 Å². The summed E-state index contributed by atoms with van der Waals surface area (Å²) in [5, 5.41) is 3.69. The van der Waals surface area contributed by atoms with E-state index < -0.39 is 6.03 Å². The number of benzene rings is 1. The van der Waals surface area contributed by atoms with Crippen LogP contribution >= 0.6 is 23.2 Å². The first-order chi connectivity index (χ1) is 9.47. The van der Waals surface area contributed by atoms with Gasteiger partial charge in [-0.15, -0.1) is 0 Å². The predicted molar refractivity (Wildman–Crippen MR) is 77.9 cm³/mol. The Kier molecular flexibility index (Phi) is 4.73. The van der Waals surface area contributed by atoms with Gasteiger partial charge in [0.25, 0.3) is 0 Å². The fourth-order valence-corrected chi connectivity index (χ4v) is 2.60. The van der Waals surface area contributed by atoms with Crippen molar-refractivity contribution in [3.8, 4) is 0 Å². The second kappa shape index (κ2) is 6.33. The molecule has 0 spiro atoms. The molecule has 3 amide bonds. The molecule has 1 aromatic carbocycles. The maximum absolute atomic E-state index is 12.0. The quantitative estimate of drug-likeness (QED) is 0.892. The minimum absolute atomic E-state index is 0.0621. The number of nitrogens with one attached hydrogen (secondary N) is 1. The van der Waals surface area contributed by atoms with Gasteiger partial charge in [-0.05, 0) is 18.1 Å². The minimum atomic E-state index is -0.459. The molecule has 1 aliphatic rings. The molecular weight excluding hydrogens is 301 g/mol. The summed E-state index contributed by atoms with van der Waals surface area (Å²) in [7, 11) is 0. The molecule has 0 radical (unpaired) electrons. The molecule has 1 atom stereocenters. The van der Waals surface area contributed by atoms with Gasteiger partial charge in [0.1, 0.15) is 0 Å². The third kappa shape index (κ3) is 3.55. The zero-order valence-electron chi connectivity index (χ0n) is 10.7. The molecule has 0 aromatic heterocycles. The number of rotatable bonds is 3. The maximum atomic E-state index is 12.0. The van der Waals surface area contributed by atoms with Gasteiger partial charge in [0, 0.05) is 19.1 Å². The number of carbonyl (C=O) groups is 2. The van der Waals surface area contributed by atoms with Gasteiger partial charge in [-0.25, -0.2) is 4.79 Å². The van der Waals surface area contributed by atoms with E-state index in [1.54, 1.807) is 18.2 Å². The number of primary amides is 1. The average molecular weight is 316 g/mol. The molecule has 3 N–H and O–H groups in total. The second-order valence-electron chi connectivity index (χ2n) is 4.73. The van der Waals surface area contributed by atoms with Crippen LogP contribution < -0.4 is 11.1 Å². The van der Waals surface area contributed by atoms with Crippen LogP contribution in [0.15, 0.2) is 18.2 Å². The first-order valence-corrected chi connectivity index (χ1v) is 6.99. The summed E-state index contributed by atoms with van der Waals surface area (Å²) in [5.74, 6) is -0.148. The van der Waals surface area contributed by atoms with Crippen molar-refractivity contribution in [1.29, 1.82) is 0 Å². The van der Waals surface area contributed by atoms with Crippen molar-refractivity contribution in [3.05, 3.63) is 33.8 Å². The van der Waals surface area contributed by atoms with E-state index in [1.807, 2.05) is 0 Å². The van der Waals surface area contributed by atoms with Gasteiger partial charge in [0.05, 0.1) is 16.5 Å². The number of halogens is 2. The van der Waals surface area contributed by atoms with E-state index >= 15 is 0 Å². The molecule has 0 bridgehead atoms. The van der Waals surface area contributed by atoms with Gasteiger partial charge in [-0.3, -0.25) is 4.79 Å². The lowest BCUT2D eigenvalue weighted by atomic mass is 10.1. The van der Waals surface area contributed by atoms with Crippen LogP contribution in [0.3, 0.4) is 0 Å². The number of carbonyl (C=O) groups excluding carboxylic acids is 2. The largest absolute Gasteiger partial charge is 0.351 e. The Bertz CT molecular complexity index is 536. The number of hydrogen-bond donors (Lipinski definition) is 2. The molecule has 1 aliphatic heterocycles. The molecular formula is C13H15Cl2N3O2. The Balaban J connectivity index is 1.90. The molecule has 20 heavy (non-hydrogen) atoms. The Labute approximate surface area is 127 Å². The van der Waals surface area contributed by atoms with E-state index in [2.05, 4.69) is 5.32 Å². The van der Waals surface area contributed by atoms with Crippen LogP contribution in [0.25, 0.3) is 0 Å².